The molecule has 0 aliphatic heterocycles. The molecule has 0 aliphatic rings. The molecular formula is C16H12F2O4. The van der Waals surface area contributed by atoms with Crippen LogP contribution in [0.1, 0.15) is 18.1 Å². The first-order valence-electron chi connectivity index (χ1n) is 6.57. The number of benzene rings is 2. The molecule has 3 rings (SSSR count). The van der Waals surface area contributed by atoms with E-state index in [4.69, 9.17) is 9.52 Å². The van der Waals surface area contributed by atoms with Crippen LogP contribution < -0.4 is 0 Å². The summed E-state index contributed by atoms with van der Waals surface area (Å²) in [5, 5.41) is 19.7. The normalized spacial score (nSPS) is 13.6. The van der Waals surface area contributed by atoms with Gasteiger partial charge >= 0.3 is 5.97 Å². The van der Waals surface area contributed by atoms with E-state index in [-0.39, 0.29) is 5.56 Å². The Labute approximate surface area is 123 Å². The molecule has 114 valence electrons. The first kappa shape index (κ1) is 14.5. The maximum Gasteiger partial charge on any atom is 0.309 e. The van der Waals surface area contributed by atoms with E-state index in [0.717, 1.165) is 5.39 Å². The monoisotopic (exact) mass is 306 g/mol. The van der Waals surface area contributed by atoms with Crippen molar-refractivity contribution >= 4 is 27.9 Å². The van der Waals surface area contributed by atoms with Crippen LogP contribution in [0, 0.1) is 0 Å². The number of carbonyl (C=O) groups is 1. The Kier molecular flexibility index (Phi) is 3.33. The largest absolute Gasteiger partial charge is 0.481 e. The number of aliphatic hydroxyl groups is 1. The zero-order valence-corrected chi connectivity index (χ0v) is 11.3. The van der Waals surface area contributed by atoms with Crippen LogP contribution in [0.25, 0.3) is 21.9 Å². The SMILES string of the molecule is O=C(O)CC(F)(F)C(O)c1ccc2oc3ccccc3c2c1. The zero-order chi connectivity index (χ0) is 15.9. The summed E-state index contributed by atoms with van der Waals surface area (Å²) in [6.07, 6.45) is -3.63. The number of carboxylic acid groups (broad SMARTS) is 1. The highest BCUT2D eigenvalue weighted by Gasteiger charge is 2.41. The van der Waals surface area contributed by atoms with Crippen molar-refractivity contribution in [3.05, 3.63) is 48.0 Å². The Bertz CT molecular complexity index is 854. The van der Waals surface area contributed by atoms with E-state index < -0.39 is 24.4 Å². The minimum Gasteiger partial charge on any atom is -0.481 e. The summed E-state index contributed by atoms with van der Waals surface area (Å²) in [6.45, 7) is 0. The van der Waals surface area contributed by atoms with Gasteiger partial charge in [0.25, 0.3) is 5.92 Å². The Morgan fingerprint density at radius 2 is 1.82 bits per heavy atom. The van der Waals surface area contributed by atoms with Crippen molar-refractivity contribution in [1.82, 2.24) is 0 Å². The summed E-state index contributed by atoms with van der Waals surface area (Å²) in [4.78, 5) is 10.5. The van der Waals surface area contributed by atoms with E-state index in [0.29, 0.717) is 16.6 Å². The Morgan fingerprint density at radius 1 is 1.14 bits per heavy atom. The summed E-state index contributed by atoms with van der Waals surface area (Å²) < 4.78 is 33.1. The topological polar surface area (TPSA) is 70.7 Å². The highest BCUT2D eigenvalue weighted by atomic mass is 19.3. The number of aliphatic carboxylic acids is 1. The molecule has 1 heterocycles. The predicted molar refractivity (Wildman–Crippen MR) is 75.9 cm³/mol. The number of furan rings is 1. The van der Waals surface area contributed by atoms with Crippen molar-refractivity contribution in [2.75, 3.05) is 0 Å². The number of rotatable bonds is 4. The lowest BCUT2D eigenvalue weighted by Gasteiger charge is -2.21. The molecule has 0 spiro atoms. The molecule has 0 amide bonds. The van der Waals surface area contributed by atoms with Gasteiger partial charge in [-0.05, 0) is 23.8 Å². The Hall–Kier alpha value is -2.47. The molecule has 0 bridgehead atoms. The highest BCUT2D eigenvalue weighted by molar-refractivity contribution is 6.05. The number of aliphatic hydroxyl groups excluding tert-OH is 1. The van der Waals surface area contributed by atoms with Gasteiger partial charge < -0.3 is 14.6 Å². The number of alkyl halides is 2. The standard InChI is InChI=1S/C16H12F2O4/c17-16(18,8-14(19)20)15(21)9-5-6-13-11(7-9)10-3-1-2-4-12(10)22-13/h1-7,15,21H,8H2,(H,19,20). The lowest BCUT2D eigenvalue weighted by molar-refractivity contribution is -0.157. The number of fused-ring (bicyclic) bond motifs is 3. The summed E-state index contributed by atoms with van der Waals surface area (Å²) in [5.41, 5.74) is 1.07. The molecule has 0 aliphatic carbocycles. The second kappa shape index (κ2) is 5.06. The van der Waals surface area contributed by atoms with Gasteiger partial charge in [-0.3, -0.25) is 4.79 Å². The van der Waals surface area contributed by atoms with Crippen LogP contribution in [0.3, 0.4) is 0 Å². The maximum absolute atomic E-state index is 13.7. The molecule has 2 N–H and O–H groups in total. The van der Waals surface area contributed by atoms with Crippen LogP contribution >= 0.6 is 0 Å². The quantitative estimate of drug-likeness (QED) is 0.770. The summed E-state index contributed by atoms with van der Waals surface area (Å²) >= 11 is 0. The smallest absolute Gasteiger partial charge is 0.309 e. The molecule has 1 unspecified atom stereocenters. The van der Waals surface area contributed by atoms with Gasteiger partial charge in [-0.25, -0.2) is 8.78 Å². The molecule has 0 saturated carbocycles. The zero-order valence-electron chi connectivity index (χ0n) is 11.3. The van der Waals surface area contributed by atoms with Gasteiger partial charge in [0.05, 0.1) is 0 Å². The van der Waals surface area contributed by atoms with Gasteiger partial charge in [-0.15, -0.1) is 0 Å². The van der Waals surface area contributed by atoms with Crippen molar-refractivity contribution in [2.45, 2.75) is 18.4 Å². The molecule has 3 aromatic rings. The number of para-hydroxylation sites is 1. The second-order valence-electron chi connectivity index (χ2n) is 5.09. The van der Waals surface area contributed by atoms with Crippen molar-refractivity contribution in [3.8, 4) is 0 Å². The van der Waals surface area contributed by atoms with Crippen LogP contribution in [0.15, 0.2) is 46.9 Å². The Balaban J connectivity index is 2.08. The number of hydrogen-bond acceptors (Lipinski definition) is 3. The van der Waals surface area contributed by atoms with Gasteiger partial charge in [-0.1, -0.05) is 24.3 Å². The maximum atomic E-state index is 13.7. The molecule has 0 radical (unpaired) electrons. The third-order valence-electron chi connectivity index (χ3n) is 3.50. The van der Waals surface area contributed by atoms with Gasteiger partial charge in [0.2, 0.25) is 0 Å². The average molecular weight is 306 g/mol. The minimum absolute atomic E-state index is 0.0506. The molecule has 22 heavy (non-hydrogen) atoms. The van der Waals surface area contributed by atoms with Crippen LogP contribution in [-0.4, -0.2) is 22.1 Å². The predicted octanol–water partition coefficient (Wildman–Crippen LogP) is 3.73. The van der Waals surface area contributed by atoms with Crippen LogP contribution in [-0.2, 0) is 4.79 Å². The molecule has 6 heteroatoms. The first-order chi connectivity index (χ1) is 10.4. The molecule has 2 aromatic carbocycles. The van der Waals surface area contributed by atoms with Crippen LogP contribution in [0.4, 0.5) is 8.78 Å². The Morgan fingerprint density at radius 3 is 2.55 bits per heavy atom. The molecule has 0 saturated heterocycles. The lowest BCUT2D eigenvalue weighted by atomic mass is 9.99. The number of carboxylic acids is 1. The van der Waals surface area contributed by atoms with Gasteiger partial charge in [0.1, 0.15) is 23.7 Å². The fourth-order valence-electron chi connectivity index (χ4n) is 2.46. The van der Waals surface area contributed by atoms with Gasteiger partial charge in [0, 0.05) is 10.8 Å². The van der Waals surface area contributed by atoms with Crippen molar-refractivity contribution in [3.63, 3.8) is 0 Å². The molecule has 4 nitrogen and oxygen atoms in total. The summed E-state index contributed by atoms with van der Waals surface area (Å²) in [6, 6.07) is 11.3. The van der Waals surface area contributed by atoms with E-state index in [1.54, 1.807) is 24.3 Å². The molecular weight excluding hydrogens is 294 g/mol. The van der Waals surface area contributed by atoms with E-state index in [1.165, 1.54) is 18.2 Å². The molecule has 1 aromatic heterocycles. The van der Waals surface area contributed by atoms with E-state index >= 15 is 0 Å². The van der Waals surface area contributed by atoms with Crippen molar-refractivity contribution < 1.29 is 28.2 Å². The molecule has 0 fully saturated rings. The number of halogens is 2. The highest BCUT2D eigenvalue weighted by Crippen LogP contribution is 2.37. The first-order valence-corrected chi connectivity index (χ1v) is 6.57. The summed E-state index contributed by atoms with van der Waals surface area (Å²) in [7, 11) is 0. The van der Waals surface area contributed by atoms with E-state index in [9.17, 15) is 18.7 Å². The molecule has 1 atom stereocenters. The van der Waals surface area contributed by atoms with Crippen LogP contribution in [0.2, 0.25) is 0 Å². The fourth-order valence-corrected chi connectivity index (χ4v) is 2.46. The fraction of sp³-hybridized carbons (Fsp3) is 0.188. The van der Waals surface area contributed by atoms with Gasteiger partial charge in [0.15, 0.2) is 0 Å². The third kappa shape index (κ3) is 2.42. The average Bonchev–Trinajstić information content (AvgIpc) is 2.82. The van der Waals surface area contributed by atoms with E-state index in [2.05, 4.69) is 0 Å². The van der Waals surface area contributed by atoms with Gasteiger partial charge in [-0.2, -0.15) is 0 Å². The van der Waals surface area contributed by atoms with Crippen molar-refractivity contribution in [1.29, 1.82) is 0 Å². The lowest BCUT2D eigenvalue weighted by Crippen LogP contribution is -2.29. The minimum atomic E-state index is -3.75. The summed E-state index contributed by atoms with van der Waals surface area (Å²) in [5.74, 6) is -5.42. The van der Waals surface area contributed by atoms with Crippen LogP contribution in [0.5, 0.6) is 0 Å². The van der Waals surface area contributed by atoms with E-state index in [1.807, 2.05) is 0 Å². The van der Waals surface area contributed by atoms with Crippen molar-refractivity contribution in [2.24, 2.45) is 0 Å². The third-order valence-corrected chi connectivity index (χ3v) is 3.50. The number of hydrogen-bond donors (Lipinski definition) is 2. The second-order valence-corrected chi connectivity index (χ2v) is 5.09.